The molecule has 3 rings (SSSR count). The number of rotatable bonds is 5. The molecule has 24 heavy (non-hydrogen) atoms. The lowest BCUT2D eigenvalue weighted by Gasteiger charge is -2.23. The summed E-state index contributed by atoms with van der Waals surface area (Å²) in [5.41, 5.74) is 2.65. The van der Waals surface area contributed by atoms with E-state index in [9.17, 15) is 0 Å². The van der Waals surface area contributed by atoms with Gasteiger partial charge in [0.2, 0.25) is 0 Å². The second kappa shape index (κ2) is 6.42. The van der Waals surface area contributed by atoms with Crippen molar-refractivity contribution in [1.82, 2.24) is 14.5 Å². The van der Waals surface area contributed by atoms with Crippen LogP contribution in [-0.4, -0.2) is 34.3 Å². The van der Waals surface area contributed by atoms with E-state index < -0.39 is 0 Å². The Hall–Kier alpha value is -2.11. The third-order valence-electron chi connectivity index (χ3n) is 4.13. The van der Waals surface area contributed by atoms with Crippen LogP contribution in [0.1, 0.15) is 13.8 Å². The van der Waals surface area contributed by atoms with Gasteiger partial charge in [0.05, 0.1) is 17.5 Å². The van der Waals surface area contributed by atoms with E-state index >= 15 is 0 Å². The van der Waals surface area contributed by atoms with Crippen molar-refractivity contribution in [2.75, 3.05) is 19.5 Å². The molecule has 1 aromatic carbocycles. The van der Waals surface area contributed by atoms with Gasteiger partial charge >= 0.3 is 0 Å². The summed E-state index contributed by atoms with van der Waals surface area (Å²) in [6, 6.07) is 7.81. The van der Waals surface area contributed by atoms with Crippen molar-refractivity contribution in [2.45, 2.75) is 26.0 Å². The molecular formula is C18H21ClN4O. The maximum Gasteiger partial charge on any atom is 0.146 e. The minimum Gasteiger partial charge on any atom is -0.377 e. The highest BCUT2D eigenvalue weighted by molar-refractivity contribution is 6.31. The molecule has 126 valence electrons. The topological polar surface area (TPSA) is 52.0 Å². The summed E-state index contributed by atoms with van der Waals surface area (Å²) in [5.74, 6) is 0.795. The van der Waals surface area contributed by atoms with Crippen LogP contribution in [0.25, 0.3) is 22.2 Å². The molecule has 0 fully saturated rings. The number of hydrogen-bond donors (Lipinski definition) is 1. The molecular weight excluding hydrogens is 324 g/mol. The van der Waals surface area contributed by atoms with Gasteiger partial charge in [-0.3, -0.25) is 0 Å². The Kier molecular flexibility index (Phi) is 4.47. The van der Waals surface area contributed by atoms with E-state index in [1.54, 1.807) is 13.4 Å². The molecule has 2 heterocycles. The third-order valence-corrected chi connectivity index (χ3v) is 4.36. The lowest BCUT2D eigenvalue weighted by atomic mass is 10.1. The van der Waals surface area contributed by atoms with Gasteiger partial charge in [-0.15, -0.1) is 0 Å². The zero-order chi connectivity index (χ0) is 17.3. The number of methoxy groups -OCH3 is 1. The standard InChI is InChI=1S/C18H21ClN4O/c1-18(2,24-4)10-23-9-14(12-6-5-7-13(19)8-12)15-16(20-3)21-11-22-17(15)23/h5-9,11H,10H2,1-4H3,(H,20,21,22). The molecule has 0 radical (unpaired) electrons. The first-order valence-corrected chi connectivity index (χ1v) is 8.15. The van der Waals surface area contributed by atoms with E-state index in [1.165, 1.54) is 0 Å². The van der Waals surface area contributed by atoms with E-state index in [0.717, 1.165) is 28.0 Å². The molecule has 5 nitrogen and oxygen atoms in total. The molecule has 0 aliphatic carbocycles. The minimum atomic E-state index is -0.303. The number of halogens is 1. The van der Waals surface area contributed by atoms with Crippen molar-refractivity contribution in [3.63, 3.8) is 0 Å². The maximum absolute atomic E-state index is 6.18. The normalized spacial score (nSPS) is 11.9. The van der Waals surface area contributed by atoms with E-state index in [0.29, 0.717) is 11.6 Å². The molecule has 0 unspecified atom stereocenters. The Labute approximate surface area is 146 Å². The largest absolute Gasteiger partial charge is 0.377 e. The van der Waals surface area contributed by atoms with Crippen molar-refractivity contribution in [2.24, 2.45) is 0 Å². The van der Waals surface area contributed by atoms with Gasteiger partial charge in [-0.1, -0.05) is 23.7 Å². The van der Waals surface area contributed by atoms with E-state index in [4.69, 9.17) is 16.3 Å². The van der Waals surface area contributed by atoms with Crippen LogP contribution in [0.5, 0.6) is 0 Å². The van der Waals surface area contributed by atoms with Gasteiger partial charge in [0.1, 0.15) is 17.8 Å². The van der Waals surface area contributed by atoms with Gasteiger partial charge in [0, 0.05) is 30.9 Å². The van der Waals surface area contributed by atoms with Crippen LogP contribution in [0, 0.1) is 0 Å². The molecule has 2 aromatic heterocycles. The predicted octanol–water partition coefficient (Wildman–Crippen LogP) is 4.22. The molecule has 0 aliphatic heterocycles. The Morgan fingerprint density at radius 1 is 1.29 bits per heavy atom. The van der Waals surface area contributed by atoms with Crippen LogP contribution < -0.4 is 5.32 Å². The van der Waals surface area contributed by atoms with Gasteiger partial charge in [0.25, 0.3) is 0 Å². The fourth-order valence-corrected chi connectivity index (χ4v) is 2.97. The summed E-state index contributed by atoms with van der Waals surface area (Å²) < 4.78 is 7.69. The monoisotopic (exact) mass is 344 g/mol. The molecule has 0 amide bonds. The first-order chi connectivity index (χ1) is 11.4. The number of ether oxygens (including phenoxy) is 1. The number of fused-ring (bicyclic) bond motifs is 1. The lowest BCUT2D eigenvalue weighted by Crippen LogP contribution is -2.28. The number of nitrogens with one attached hydrogen (secondary N) is 1. The minimum absolute atomic E-state index is 0.303. The SMILES string of the molecule is CNc1ncnc2c1c(-c1cccc(Cl)c1)cn2CC(C)(C)OC. The Morgan fingerprint density at radius 2 is 2.08 bits per heavy atom. The smallest absolute Gasteiger partial charge is 0.146 e. The molecule has 3 aromatic rings. The molecule has 0 bridgehead atoms. The fourth-order valence-electron chi connectivity index (χ4n) is 2.78. The van der Waals surface area contributed by atoms with Crippen molar-refractivity contribution >= 4 is 28.5 Å². The number of anilines is 1. The zero-order valence-electron chi connectivity index (χ0n) is 14.3. The van der Waals surface area contributed by atoms with Crippen LogP contribution in [0.4, 0.5) is 5.82 Å². The van der Waals surface area contributed by atoms with Crippen LogP contribution in [0.15, 0.2) is 36.8 Å². The van der Waals surface area contributed by atoms with Crippen LogP contribution in [0.2, 0.25) is 5.02 Å². The predicted molar refractivity (Wildman–Crippen MR) is 98.6 cm³/mol. The summed E-state index contributed by atoms with van der Waals surface area (Å²) in [6.07, 6.45) is 3.67. The van der Waals surface area contributed by atoms with Gasteiger partial charge in [-0.25, -0.2) is 9.97 Å². The van der Waals surface area contributed by atoms with Gasteiger partial charge < -0.3 is 14.6 Å². The first-order valence-electron chi connectivity index (χ1n) is 7.78. The quantitative estimate of drug-likeness (QED) is 0.753. The summed E-state index contributed by atoms with van der Waals surface area (Å²) in [4.78, 5) is 8.86. The maximum atomic E-state index is 6.18. The Balaban J connectivity index is 2.25. The Bertz CT molecular complexity index is 873. The summed E-state index contributed by atoms with van der Waals surface area (Å²) in [7, 11) is 3.58. The van der Waals surface area contributed by atoms with E-state index in [2.05, 4.69) is 39.9 Å². The molecule has 6 heteroatoms. The van der Waals surface area contributed by atoms with Crippen LogP contribution in [0.3, 0.4) is 0 Å². The van der Waals surface area contributed by atoms with Crippen molar-refractivity contribution in [3.05, 3.63) is 41.8 Å². The first kappa shape index (κ1) is 16.7. The molecule has 1 N–H and O–H groups in total. The molecule has 0 saturated heterocycles. The van der Waals surface area contributed by atoms with E-state index in [1.807, 2.05) is 31.3 Å². The number of aromatic nitrogens is 3. The zero-order valence-corrected chi connectivity index (χ0v) is 15.1. The van der Waals surface area contributed by atoms with Crippen LogP contribution >= 0.6 is 11.6 Å². The number of hydrogen-bond acceptors (Lipinski definition) is 4. The van der Waals surface area contributed by atoms with Gasteiger partial charge in [-0.2, -0.15) is 0 Å². The van der Waals surface area contributed by atoms with Crippen LogP contribution in [-0.2, 0) is 11.3 Å². The Morgan fingerprint density at radius 3 is 2.75 bits per heavy atom. The fraction of sp³-hybridized carbons (Fsp3) is 0.333. The molecule has 0 spiro atoms. The lowest BCUT2D eigenvalue weighted by molar-refractivity contribution is 0.00904. The highest BCUT2D eigenvalue weighted by Gasteiger charge is 2.22. The second-order valence-electron chi connectivity index (χ2n) is 6.32. The highest BCUT2D eigenvalue weighted by Crippen LogP contribution is 2.35. The summed E-state index contributed by atoms with van der Waals surface area (Å²) >= 11 is 6.18. The second-order valence-corrected chi connectivity index (χ2v) is 6.75. The average Bonchev–Trinajstić information content (AvgIpc) is 2.93. The summed E-state index contributed by atoms with van der Waals surface area (Å²) in [6.45, 7) is 4.79. The third kappa shape index (κ3) is 3.09. The number of nitrogens with zero attached hydrogens (tertiary/aromatic N) is 3. The molecule has 0 aliphatic rings. The van der Waals surface area contributed by atoms with Crippen molar-refractivity contribution in [3.8, 4) is 11.1 Å². The summed E-state index contributed by atoms with van der Waals surface area (Å²) in [5, 5.41) is 4.84. The van der Waals surface area contributed by atoms with Gasteiger partial charge in [0.15, 0.2) is 0 Å². The average molecular weight is 345 g/mol. The van der Waals surface area contributed by atoms with Gasteiger partial charge in [-0.05, 0) is 31.5 Å². The van der Waals surface area contributed by atoms with Crippen molar-refractivity contribution < 1.29 is 4.74 Å². The number of benzene rings is 1. The molecule has 0 saturated carbocycles. The van der Waals surface area contributed by atoms with Crippen molar-refractivity contribution in [1.29, 1.82) is 0 Å². The highest BCUT2D eigenvalue weighted by atomic mass is 35.5. The van der Waals surface area contributed by atoms with E-state index in [-0.39, 0.29) is 5.60 Å². The molecule has 0 atom stereocenters.